The Morgan fingerprint density at radius 2 is 1.86 bits per heavy atom. The Kier molecular flexibility index (Phi) is 6.50. The fourth-order valence-corrected chi connectivity index (χ4v) is 5.97. The van der Waals surface area contributed by atoms with Crippen molar-refractivity contribution in [1.82, 2.24) is 15.0 Å². The molecular formula is C25H32N6O3S. The molecule has 2 saturated carbocycles. The monoisotopic (exact) mass is 496 g/mol. The quantitative estimate of drug-likeness (QED) is 0.428. The number of fused-ring (bicyclic) bond motifs is 1. The first kappa shape index (κ1) is 23.7. The van der Waals surface area contributed by atoms with Crippen LogP contribution in [0.4, 0.5) is 11.8 Å². The Hall–Kier alpha value is -2.98. The molecule has 5 rings (SSSR count). The number of rotatable bonds is 8. The Morgan fingerprint density at radius 1 is 1.09 bits per heavy atom. The van der Waals surface area contributed by atoms with Crippen LogP contribution >= 0.6 is 0 Å². The molecule has 2 aliphatic rings. The number of nitrogens with zero attached hydrogens (tertiary/aromatic N) is 3. The highest BCUT2D eigenvalue weighted by molar-refractivity contribution is 7.93. The Balaban J connectivity index is 1.44. The van der Waals surface area contributed by atoms with Crippen molar-refractivity contribution in [2.24, 2.45) is 5.73 Å². The van der Waals surface area contributed by atoms with Crippen molar-refractivity contribution in [1.29, 1.82) is 0 Å². The number of nitrogens with one attached hydrogen (secondary N) is 2. The second-order valence-electron chi connectivity index (χ2n) is 9.48. The lowest BCUT2D eigenvalue weighted by atomic mass is 9.92. The number of methoxy groups -OCH3 is 1. The van der Waals surface area contributed by atoms with Gasteiger partial charge in [-0.15, -0.1) is 0 Å². The summed E-state index contributed by atoms with van der Waals surface area (Å²) in [6.45, 7) is 2.10. The average Bonchev–Trinajstić information content (AvgIpc) is 3.71. The van der Waals surface area contributed by atoms with Crippen LogP contribution in [0.1, 0.15) is 51.0 Å². The molecule has 0 bridgehead atoms. The molecule has 0 aliphatic heterocycles. The third-order valence-corrected chi connectivity index (χ3v) is 8.67. The highest BCUT2D eigenvalue weighted by Gasteiger charge is 2.36. The molecule has 0 atom stereocenters. The fraction of sp³-hybridized carbons (Fsp3) is 0.480. The van der Waals surface area contributed by atoms with E-state index in [1.54, 1.807) is 6.07 Å². The van der Waals surface area contributed by atoms with Crippen LogP contribution < -0.4 is 20.5 Å². The summed E-state index contributed by atoms with van der Waals surface area (Å²) in [5.41, 5.74) is 9.74. The minimum absolute atomic E-state index is 0.261. The van der Waals surface area contributed by atoms with Gasteiger partial charge in [0.25, 0.3) is 0 Å². The van der Waals surface area contributed by atoms with Gasteiger partial charge in [-0.2, -0.15) is 4.98 Å². The zero-order chi connectivity index (χ0) is 24.6. The van der Waals surface area contributed by atoms with E-state index < -0.39 is 10.0 Å². The lowest BCUT2D eigenvalue weighted by Gasteiger charge is -2.26. The largest absolute Gasteiger partial charge is 0.480 e. The van der Waals surface area contributed by atoms with Crippen molar-refractivity contribution in [3.05, 3.63) is 36.0 Å². The number of aryl methyl sites for hydroxylation is 1. The molecule has 4 N–H and O–H groups in total. The first-order valence-electron chi connectivity index (χ1n) is 12.2. The fourth-order valence-electron chi connectivity index (χ4n) is 4.64. The van der Waals surface area contributed by atoms with Crippen molar-refractivity contribution < 1.29 is 13.2 Å². The van der Waals surface area contributed by atoms with Gasteiger partial charge in [-0.25, -0.2) is 18.4 Å². The van der Waals surface area contributed by atoms with Crippen molar-refractivity contribution in [3.63, 3.8) is 0 Å². The molecule has 2 aliphatic carbocycles. The maximum Gasteiger partial charge on any atom is 0.236 e. The molecule has 2 aromatic heterocycles. The van der Waals surface area contributed by atoms with Crippen LogP contribution in [-0.4, -0.2) is 47.8 Å². The summed E-state index contributed by atoms with van der Waals surface area (Å²) >= 11 is 0. The van der Waals surface area contributed by atoms with Crippen LogP contribution in [0.2, 0.25) is 0 Å². The Labute approximate surface area is 206 Å². The average molecular weight is 497 g/mol. The van der Waals surface area contributed by atoms with Gasteiger partial charge in [-0.1, -0.05) is 6.92 Å². The zero-order valence-corrected chi connectivity index (χ0v) is 20.9. The lowest BCUT2D eigenvalue weighted by molar-refractivity contribution is 0.400. The zero-order valence-electron chi connectivity index (χ0n) is 20.1. The summed E-state index contributed by atoms with van der Waals surface area (Å²) in [5.74, 6) is 1.26. The number of sulfonamides is 1. The Morgan fingerprint density at radius 3 is 2.54 bits per heavy atom. The van der Waals surface area contributed by atoms with E-state index in [-0.39, 0.29) is 11.1 Å². The van der Waals surface area contributed by atoms with Gasteiger partial charge in [0.1, 0.15) is 5.82 Å². The van der Waals surface area contributed by atoms with Crippen molar-refractivity contribution in [2.45, 2.75) is 69.2 Å². The van der Waals surface area contributed by atoms with E-state index >= 15 is 0 Å². The molecule has 0 unspecified atom stereocenters. The van der Waals surface area contributed by atoms with Crippen molar-refractivity contribution >= 4 is 32.7 Å². The smallest absolute Gasteiger partial charge is 0.236 e. The predicted molar refractivity (Wildman–Crippen MR) is 138 cm³/mol. The Bertz CT molecular complexity index is 1330. The number of aromatic nitrogens is 3. The van der Waals surface area contributed by atoms with Gasteiger partial charge in [0, 0.05) is 29.2 Å². The van der Waals surface area contributed by atoms with Gasteiger partial charge in [-0.3, -0.25) is 4.72 Å². The molecule has 2 heterocycles. The third kappa shape index (κ3) is 5.18. The first-order valence-corrected chi connectivity index (χ1v) is 13.8. The standard InChI is InChI=1S/C25H32N6O3S/c1-3-15-12-16(21-10-11-22(29-24(21)34-2)31-35(32,33)20-8-9-20)13-17-14-27-25(30-23(15)17)28-19-6-4-18(26)5-7-19/h10-14,18-20H,3-9,26H2,1-2H3,(H,29,31)(H,27,28,30)/t18-,19-. The second kappa shape index (κ2) is 9.58. The van der Waals surface area contributed by atoms with Gasteiger partial charge in [-0.05, 0) is 80.3 Å². The number of ether oxygens (including phenoxy) is 1. The topological polar surface area (TPSA) is 132 Å². The third-order valence-electron chi connectivity index (χ3n) is 6.82. The van der Waals surface area contributed by atoms with E-state index in [4.69, 9.17) is 15.5 Å². The summed E-state index contributed by atoms with van der Waals surface area (Å²) < 4.78 is 32.7. The number of pyridine rings is 1. The molecule has 0 saturated heterocycles. The van der Waals surface area contributed by atoms with Gasteiger partial charge >= 0.3 is 0 Å². The lowest BCUT2D eigenvalue weighted by Crippen LogP contribution is -2.33. The number of benzene rings is 1. The van der Waals surface area contributed by atoms with Gasteiger partial charge < -0.3 is 15.8 Å². The van der Waals surface area contributed by atoms with E-state index in [9.17, 15) is 8.42 Å². The summed E-state index contributed by atoms with van der Waals surface area (Å²) in [5, 5.41) is 4.09. The SMILES string of the molecule is CCc1cc(-c2ccc(NS(=O)(=O)C3CC3)nc2OC)cc2cnc(N[C@H]3CC[C@H](N)CC3)nc12. The molecule has 9 nitrogen and oxygen atoms in total. The number of anilines is 2. The van der Waals surface area contributed by atoms with Crippen molar-refractivity contribution in [2.75, 3.05) is 17.1 Å². The molecule has 3 aromatic rings. The minimum atomic E-state index is -3.40. The number of nitrogens with two attached hydrogens (primary N) is 1. The highest BCUT2D eigenvalue weighted by Crippen LogP contribution is 2.35. The highest BCUT2D eigenvalue weighted by atomic mass is 32.2. The molecule has 0 amide bonds. The predicted octanol–water partition coefficient (Wildman–Crippen LogP) is 3.85. The maximum atomic E-state index is 12.3. The van der Waals surface area contributed by atoms with E-state index in [2.05, 4.69) is 33.0 Å². The van der Waals surface area contributed by atoms with Crippen LogP contribution in [0, 0.1) is 0 Å². The molecule has 35 heavy (non-hydrogen) atoms. The van der Waals surface area contributed by atoms with Gasteiger partial charge in [0.15, 0.2) is 0 Å². The molecule has 186 valence electrons. The molecule has 1 aromatic carbocycles. The van der Waals surface area contributed by atoms with E-state index in [0.29, 0.717) is 36.8 Å². The number of hydrogen-bond donors (Lipinski definition) is 3. The van der Waals surface area contributed by atoms with Crippen LogP contribution in [-0.2, 0) is 16.4 Å². The normalized spacial score (nSPS) is 20.5. The van der Waals surface area contributed by atoms with Crippen LogP contribution in [0.15, 0.2) is 30.5 Å². The number of hydrogen-bond acceptors (Lipinski definition) is 8. The summed E-state index contributed by atoms with van der Waals surface area (Å²) in [7, 11) is -1.86. The second-order valence-corrected chi connectivity index (χ2v) is 11.4. The van der Waals surface area contributed by atoms with Crippen LogP contribution in [0.5, 0.6) is 5.88 Å². The summed E-state index contributed by atoms with van der Waals surface area (Å²) in [4.78, 5) is 13.8. The van der Waals surface area contributed by atoms with E-state index in [1.807, 2.05) is 18.3 Å². The summed E-state index contributed by atoms with van der Waals surface area (Å²) in [6, 6.07) is 8.27. The first-order chi connectivity index (χ1) is 16.9. The van der Waals surface area contributed by atoms with Gasteiger partial charge in [0.05, 0.1) is 17.9 Å². The van der Waals surface area contributed by atoms with Crippen molar-refractivity contribution in [3.8, 4) is 17.0 Å². The molecule has 0 radical (unpaired) electrons. The minimum Gasteiger partial charge on any atom is -0.480 e. The van der Waals surface area contributed by atoms with E-state index in [1.165, 1.54) is 7.11 Å². The molecule has 0 spiro atoms. The van der Waals surface area contributed by atoms with E-state index in [0.717, 1.165) is 59.7 Å². The van der Waals surface area contributed by atoms with Crippen LogP contribution in [0.3, 0.4) is 0 Å². The summed E-state index contributed by atoms with van der Waals surface area (Å²) in [6.07, 6.45) is 8.12. The molecule has 10 heteroatoms. The molecular weight excluding hydrogens is 464 g/mol. The van der Waals surface area contributed by atoms with Gasteiger partial charge in [0.2, 0.25) is 21.9 Å². The van der Waals surface area contributed by atoms with Crippen LogP contribution in [0.25, 0.3) is 22.0 Å². The maximum absolute atomic E-state index is 12.3. The molecule has 2 fully saturated rings.